The van der Waals surface area contributed by atoms with Crippen molar-refractivity contribution in [1.82, 2.24) is 15.5 Å². The Morgan fingerprint density at radius 2 is 1.61 bits per heavy atom. The van der Waals surface area contributed by atoms with Gasteiger partial charge in [-0.25, -0.2) is 4.79 Å². The van der Waals surface area contributed by atoms with E-state index in [1.165, 1.54) is 0 Å². The predicted octanol–water partition coefficient (Wildman–Crippen LogP) is 5.66. The topological polar surface area (TPSA) is 87.7 Å². The van der Waals surface area contributed by atoms with E-state index in [-0.39, 0.29) is 24.3 Å². The highest BCUT2D eigenvalue weighted by Crippen LogP contribution is 2.27. The van der Waals surface area contributed by atoms with Crippen molar-refractivity contribution in [2.45, 2.75) is 91.1 Å². The molecule has 0 aliphatic carbocycles. The normalized spacial score (nSPS) is 13.3. The summed E-state index contributed by atoms with van der Waals surface area (Å²) >= 11 is 0. The number of alkyl carbamates (subject to hydrolysis) is 1. The Morgan fingerprint density at radius 1 is 0.974 bits per heavy atom. The first-order valence-corrected chi connectivity index (χ1v) is 13.0. The molecule has 38 heavy (non-hydrogen) atoms. The molecule has 0 aromatic heterocycles. The lowest BCUT2D eigenvalue weighted by atomic mass is 9.96. The molecular weight excluding hydrogens is 478 g/mol. The van der Waals surface area contributed by atoms with Crippen molar-refractivity contribution < 1.29 is 19.1 Å². The van der Waals surface area contributed by atoms with E-state index in [4.69, 9.17) is 4.74 Å². The van der Waals surface area contributed by atoms with Gasteiger partial charge in [0.15, 0.2) is 0 Å². The number of ether oxygens (including phenoxy) is 1. The largest absolute Gasteiger partial charge is 0.444 e. The molecule has 3 amide bonds. The Labute approximate surface area is 227 Å². The van der Waals surface area contributed by atoms with Crippen LogP contribution in [0.1, 0.15) is 78.1 Å². The van der Waals surface area contributed by atoms with E-state index in [0.717, 1.165) is 11.1 Å². The van der Waals surface area contributed by atoms with Gasteiger partial charge in [-0.3, -0.25) is 9.59 Å². The predicted molar refractivity (Wildman–Crippen MR) is 152 cm³/mol. The third kappa shape index (κ3) is 9.36. The number of hydrogen-bond acceptors (Lipinski definition) is 4. The first kappa shape index (κ1) is 30.6. The Balaban J connectivity index is 2.58. The third-order valence-corrected chi connectivity index (χ3v) is 5.57. The van der Waals surface area contributed by atoms with Gasteiger partial charge in [0.05, 0.1) is 0 Å². The number of amides is 3. The molecule has 0 spiro atoms. The molecule has 2 rings (SSSR count). The van der Waals surface area contributed by atoms with Gasteiger partial charge in [-0.15, -0.1) is 0 Å². The standard InChI is InChI=1S/C31H43N3O4/c1-10-22-17-14-18-24(19-22)26(27(35)33-30(4,5)6)34(21(2)3)28(36)25(20-23-15-12-11-13-16-23)32-29(37)38-31(7,8)9/h10-19,21,25-26H,1,20H2,2-9H3,(H,32,37)(H,33,35). The van der Waals surface area contributed by atoms with Crippen LogP contribution < -0.4 is 10.6 Å². The first-order chi connectivity index (χ1) is 17.6. The first-order valence-electron chi connectivity index (χ1n) is 13.0. The number of nitrogens with zero attached hydrogens (tertiary/aromatic N) is 1. The quantitative estimate of drug-likeness (QED) is 0.446. The molecule has 7 heteroatoms. The highest BCUT2D eigenvalue weighted by molar-refractivity contribution is 5.92. The van der Waals surface area contributed by atoms with Gasteiger partial charge in [0.2, 0.25) is 11.8 Å². The monoisotopic (exact) mass is 521 g/mol. The molecule has 0 bridgehead atoms. The molecule has 0 radical (unpaired) electrons. The lowest BCUT2D eigenvalue weighted by molar-refractivity contribution is -0.145. The van der Waals surface area contributed by atoms with Crippen LogP contribution in [0.4, 0.5) is 4.79 Å². The second-order valence-electron chi connectivity index (χ2n) is 11.7. The fraction of sp³-hybridized carbons (Fsp3) is 0.452. The molecule has 0 saturated carbocycles. The van der Waals surface area contributed by atoms with Crippen molar-refractivity contribution in [1.29, 1.82) is 0 Å². The minimum Gasteiger partial charge on any atom is -0.444 e. The molecule has 2 N–H and O–H groups in total. The van der Waals surface area contributed by atoms with Gasteiger partial charge in [0.1, 0.15) is 17.7 Å². The summed E-state index contributed by atoms with van der Waals surface area (Å²) in [5.41, 5.74) is 1.11. The number of hydrogen-bond donors (Lipinski definition) is 2. The van der Waals surface area contributed by atoms with Crippen molar-refractivity contribution in [3.8, 4) is 0 Å². The Bertz CT molecular complexity index is 1110. The highest BCUT2D eigenvalue weighted by atomic mass is 16.6. The van der Waals surface area contributed by atoms with Gasteiger partial charge in [-0.1, -0.05) is 61.2 Å². The highest BCUT2D eigenvalue weighted by Gasteiger charge is 2.38. The summed E-state index contributed by atoms with van der Waals surface area (Å²) in [7, 11) is 0. The van der Waals surface area contributed by atoms with Crippen LogP contribution in [-0.2, 0) is 20.7 Å². The molecule has 2 atom stereocenters. The molecular formula is C31H43N3O4. The second-order valence-corrected chi connectivity index (χ2v) is 11.7. The van der Waals surface area contributed by atoms with Crippen LogP contribution in [0.25, 0.3) is 6.08 Å². The Kier molecular flexibility index (Phi) is 10.3. The van der Waals surface area contributed by atoms with Crippen LogP contribution in [0, 0.1) is 0 Å². The van der Waals surface area contributed by atoms with Crippen molar-refractivity contribution >= 4 is 24.0 Å². The lowest BCUT2D eigenvalue weighted by Gasteiger charge is -2.38. The maximum atomic E-state index is 14.3. The molecule has 2 aromatic carbocycles. The van der Waals surface area contributed by atoms with E-state index in [0.29, 0.717) is 5.56 Å². The van der Waals surface area contributed by atoms with E-state index in [1.54, 1.807) is 31.7 Å². The minimum atomic E-state index is -0.956. The van der Waals surface area contributed by atoms with Crippen LogP contribution in [0.3, 0.4) is 0 Å². The van der Waals surface area contributed by atoms with Crippen molar-refractivity contribution in [2.75, 3.05) is 0 Å². The third-order valence-electron chi connectivity index (χ3n) is 5.57. The average molecular weight is 522 g/mol. The Hall–Kier alpha value is -3.61. The van der Waals surface area contributed by atoms with E-state index < -0.39 is 29.3 Å². The lowest BCUT2D eigenvalue weighted by Crippen LogP contribution is -2.57. The number of carbonyl (C=O) groups is 3. The van der Waals surface area contributed by atoms with Crippen LogP contribution in [0.2, 0.25) is 0 Å². The summed E-state index contributed by atoms with van der Waals surface area (Å²) in [6, 6.07) is 14.6. The van der Waals surface area contributed by atoms with Crippen LogP contribution in [0.5, 0.6) is 0 Å². The van der Waals surface area contributed by atoms with Crippen molar-refractivity contribution in [2.24, 2.45) is 0 Å². The molecule has 0 fully saturated rings. The van der Waals surface area contributed by atoms with Gasteiger partial charge < -0.3 is 20.3 Å². The SMILES string of the molecule is C=Cc1cccc(C(C(=O)NC(C)(C)C)N(C(=O)C(Cc2ccccc2)NC(=O)OC(C)(C)C)C(C)C)c1. The second kappa shape index (κ2) is 12.8. The minimum absolute atomic E-state index is 0.239. The smallest absolute Gasteiger partial charge is 0.408 e. The molecule has 0 heterocycles. The van der Waals surface area contributed by atoms with Crippen molar-refractivity contribution in [3.05, 3.63) is 77.9 Å². The summed E-state index contributed by atoms with van der Waals surface area (Å²) in [4.78, 5) is 42.4. The number of rotatable bonds is 9. The van der Waals surface area contributed by atoms with Gasteiger partial charge in [-0.05, 0) is 78.1 Å². The molecule has 7 nitrogen and oxygen atoms in total. The van der Waals surface area contributed by atoms with Gasteiger partial charge in [-0.2, -0.15) is 0 Å². The molecule has 2 aromatic rings. The van der Waals surface area contributed by atoms with Gasteiger partial charge >= 0.3 is 6.09 Å². The maximum Gasteiger partial charge on any atom is 0.408 e. The Morgan fingerprint density at radius 3 is 2.13 bits per heavy atom. The summed E-state index contributed by atoms with van der Waals surface area (Å²) in [5, 5.41) is 5.81. The van der Waals surface area contributed by atoms with Gasteiger partial charge in [0, 0.05) is 18.0 Å². The van der Waals surface area contributed by atoms with Crippen LogP contribution in [0.15, 0.2) is 61.2 Å². The zero-order valence-electron chi connectivity index (χ0n) is 24.0. The number of carbonyl (C=O) groups excluding carboxylic acids is 3. The van der Waals surface area contributed by atoms with E-state index in [2.05, 4.69) is 17.2 Å². The summed E-state index contributed by atoms with van der Waals surface area (Å²) in [6.07, 6.45) is 1.24. The maximum absolute atomic E-state index is 14.3. The molecule has 0 aliphatic heterocycles. The molecule has 0 aliphatic rings. The van der Waals surface area contributed by atoms with Crippen LogP contribution in [-0.4, -0.2) is 46.0 Å². The molecule has 0 saturated heterocycles. The summed E-state index contributed by atoms with van der Waals surface area (Å²) in [6.45, 7) is 18.5. The zero-order valence-corrected chi connectivity index (χ0v) is 24.0. The average Bonchev–Trinajstić information content (AvgIpc) is 2.79. The molecule has 2 unspecified atom stereocenters. The number of benzene rings is 2. The van der Waals surface area contributed by atoms with Crippen LogP contribution >= 0.6 is 0 Å². The molecule has 206 valence electrons. The number of nitrogens with one attached hydrogen (secondary N) is 2. The van der Waals surface area contributed by atoms with E-state index >= 15 is 0 Å². The summed E-state index contributed by atoms with van der Waals surface area (Å²) < 4.78 is 5.47. The fourth-order valence-corrected chi connectivity index (χ4v) is 4.09. The fourth-order valence-electron chi connectivity index (χ4n) is 4.09. The van der Waals surface area contributed by atoms with Gasteiger partial charge in [0.25, 0.3) is 0 Å². The van der Waals surface area contributed by atoms with E-state index in [1.807, 2.05) is 89.2 Å². The zero-order chi connectivity index (χ0) is 28.7. The summed E-state index contributed by atoms with van der Waals surface area (Å²) in [5.74, 6) is -0.690. The van der Waals surface area contributed by atoms with Crippen molar-refractivity contribution in [3.63, 3.8) is 0 Å². The van der Waals surface area contributed by atoms with E-state index in [9.17, 15) is 14.4 Å².